The first kappa shape index (κ1) is 19.3. The van der Waals surface area contributed by atoms with E-state index in [4.69, 9.17) is 21.1 Å². The van der Waals surface area contributed by atoms with E-state index < -0.39 is 11.6 Å². The van der Waals surface area contributed by atoms with Gasteiger partial charge in [0.25, 0.3) is 5.91 Å². The van der Waals surface area contributed by atoms with Crippen LogP contribution in [0.5, 0.6) is 5.75 Å². The first-order valence-electron chi connectivity index (χ1n) is 7.78. The van der Waals surface area contributed by atoms with Gasteiger partial charge in [-0.2, -0.15) is 0 Å². The molecule has 0 radical (unpaired) electrons. The third-order valence-electron chi connectivity index (χ3n) is 3.29. The monoisotopic (exact) mass is 381 g/mol. The number of benzene rings is 1. The molecule has 0 saturated heterocycles. The molecule has 7 heteroatoms. The number of carbonyl (C=O) groups excluding carboxylic acids is 2. The number of carbonyl (C=O) groups is 2. The molecule has 1 aromatic heterocycles. The van der Waals surface area contributed by atoms with Crippen molar-refractivity contribution in [2.45, 2.75) is 25.9 Å². The third-order valence-corrected chi connectivity index (χ3v) is 4.47. The van der Waals surface area contributed by atoms with E-state index in [1.165, 1.54) is 4.88 Å². The molecule has 0 aliphatic heterocycles. The summed E-state index contributed by atoms with van der Waals surface area (Å²) < 4.78 is 10.7. The molecule has 2 rings (SSSR count). The summed E-state index contributed by atoms with van der Waals surface area (Å²) in [7, 11) is 0. The van der Waals surface area contributed by atoms with Crippen molar-refractivity contribution in [3.63, 3.8) is 0 Å². The Morgan fingerprint density at radius 1 is 1.20 bits per heavy atom. The number of thiophene rings is 1. The van der Waals surface area contributed by atoms with Gasteiger partial charge >= 0.3 is 5.97 Å². The van der Waals surface area contributed by atoms with E-state index in [2.05, 4.69) is 5.32 Å². The van der Waals surface area contributed by atoms with E-state index in [0.717, 1.165) is 6.42 Å². The van der Waals surface area contributed by atoms with Crippen LogP contribution in [0.15, 0.2) is 41.8 Å². The van der Waals surface area contributed by atoms with Gasteiger partial charge in [0.05, 0.1) is 0 Å². The maximum atomic E-state index is 12.1. The number of amides is 1. The van der Waals surface area contributed by atoms with Gasteiger partial charge in [-0.15, -0.1) is 11.3 Å². The van der Waals surface area contributed by atoms with Crippen molar-refractivity contribution in [1.29, 1.82) is 0 Å². The van der Waals surface area contributed by atoms with E-state index in [-0.39, 0.29) is 12.5 Å². The topological polar surface area (TPSA) is 64.6 Å². The van der Waals surface area contributed by atoms with Crippen LogP contribution in [0.25, 0.3) is 0 Å². The van der Waals surface area contributed by atoms with Crippen LogP contribution >= 0.6 is 22.9 Å². The lowest BCUT2D eigenvalue weighted by molar-refractivity contribution is -0.162. The highest BCUT2D eigenvalue weighted by Gasteiger charge is 2.32. The lowest BCUT2D eigenvalue weighted by atomic mass is 10.1. The van der Waals surface area contributed by atoms with Gasteiger partial charge in [0.1, 0.15) is 5.75 Å². The number of ether oxygens (including phenoxy) is 2. The third kappa shape index (κ3) is 6.40. The molecule has 5 nitrogen and oxygen atoms in total. The van der Waals surface area contributed by atoms with Gasteiger partial charge in [-0.1, -0.05) is 17.7 Å². The number of hydrogen-bond donors (Lipinski definition) is 1. The molecular weight excluding hydrogens is 362 g/mol. The van der Waals surface area contributed by atoms with Crippen LogP contribution in [-0.2, 0) is 20.7 Å². The van der Waals surface area contributed by atoms with E-state index in [1.54, 1.807) is 49.4 Å². The van der Waals surface area contributed by atoms with Crippen LogP contribution in [0, 0.1) is 0 Å². The van der Waals surface area contributed by atoms with Crippen LogP contribution in [-0.4, -0.2) is 30.6 Å². The Labute approximate surface area is 155 Å². The van der Waals surface area contributed by atoms with Gasteiger partial charge in [0, 0.05) is 16.4 Å². The quantitative estimate of drug-likeness (QED) is 0.711. The smallest absolute Gasteiger partial charge is 0.350 e. The molecule has 0 spiro atoms. The zero-order valence-electron chi connectivity index (χ0n) is 14.1. The predicted molar refractivity (Wildman–Crippen MR) is 98.2 cm³/mol. The van der Waals surface area contributed by atoms with Crippen molar-refractivity contribution in [2.24, 2.45) is 0 Å². The summed E-state index contributed by atoms with van der Waals surface area (Å²) in [4.78, 5) is 25.1. The van der Waals surface area contributed by atoms with E-state index in [9.17, 15) is 9.59 Å². The van der Waals surface area contributed by atoms with Crippen LogP contribution < -0.4 is 10.1 Å². The second kappa shape index (κ2) is 8.87. The van der Waals surface area contributed by atoms with Crippen LogP contribution in [0.4, 0.5) is 0 Å². The van der Waals surface area contributed by atoms with Gasteiger partial charge in [0.2, 0.25) is 0 Å². The maximum absolute atomic E-state index is 12.1. The largest absolute Gasteiger partial charge is 0.476 e. The van der Waals surface area contributed by atoms with Crippen molar-refractivity contribution < 1.29 is 19.1 Å². The van der Waals surface area contributed by atoms with Gasteiger partial charge in [0.15, 0.2) is 12.2 Å². The Morgan fingerprint density at radius 3 is 2.56 bits per heavy atom. The fourth-order valence-corrected chi connectivity index (χ4v) is 2.81. The Bertz CT molecular complexity index is 698. The van der Waals surface area contributed by atoms with Gasteiger partial charge < -0.3 is 14.8 Å². The molecule has 1 heterocycles. The molecule has 0 aliphatic carbocycles. The fourth-order valence-electron chi connectivity index (χ4n) is 1.97. The molecule has 134 valence electrons. The number of hydrogen-bond acceptors (Lipinski definition) is 5. The molecule has 2 aromatic rings. The normalized spacial score (nSPS) is 11.0. The van der Waals surface area contributed by atoms with Gasteiger partial charge in [-0.25, -0.2) is 4.79 Å². The Morgan fingerprint density at radius 2 is 1.92 bits per heavy atom. The summed E-state index contributed by atoms with van der Waals surface area (Å²) in [5.74, 6) is -0.463. The van der Waals surface area contributed by atoms with Crippen LogP contribution in [0.2, 0.25) is 5.02 Å². The number of rotatable bonds is 8. The maximum Gasteiger partial charge on any atom is 0.350 e. The van der Waals surface area contributed by atoms with Gasteiger partial charge in [-0.05, 0) is 56.0 Å². The SMILES string of the molecule is CC(C)(Oc1ccc(Cl)cc1)C(=O)OCC(=O)NCCc1cccs1. The molecule has 0 bridgehead atoms. The summed E-state index contributed by atoms with van der Waals surface area (Å²) in [5.41, 5.74) is -1.22. The van der Waals surface area contributed by atoms with Crippen molar-refractivity contribution >= 4 is 34.8 Å². The molecule has 0 fully saturated rings. The minimum atomic E-state index is -1.22. The average Bonchev–Trinajstić information content (AvgIpc) is 3.08. The standard InChI is InChI=1S/C18H20ClNO4S/c1-18(2,24-14-7-5-13(19)6-8-14)17(22)23-12-16(21)20-10-9-15-4-3-11-25-15/h3-8,11H,9-10,12H2,1-2H3,(H,20,21). The van der Waals surface area contributed by atoms with Crippen LogP contribution in [0.1, 0.15) is 18.7 Å². The molecule has 0 unspecified atom stereocenters. The highest BCUT2D eigenvalue weighted by Crippen LogP contribution is 2.21. The molecule has 0 atom stereocenters. The minimum Gasteiger partial charge on any atom is -0.476 e. The van der Waals surface area contributed by atoms with Gasteiger partial charge in [-0.3, -0.25) is 4.79 Å². The van der Waals surface area contributed by atoms with E-state index >= 15 is 0 Å². The summed E-state index contributed by atoms with van der Waals surface area (Å²) in [6.45, 7) is 3.33. The molecule has 25 heavy (non-hydrogen) atoms. The summed E-state index contributed by atoms with van der Waals surface area (Å²) >= 11 is 7.45. The summed E-state index contributed by atoms with van der Waals surface area (Å²) in [6.07, 6.45) is 0.753. The lowest BCUT2D eigenvalue weighted by Gasteiger charge is -2.24. The molecular formula is C18H20ClNO4S. The Hall–Kier alpha value is -2.05. The minimum absolute atomic E-state index is 0.337. The van der Waals surface area contributed by atoms with Crippen molar-refractivity contribution in [1.82, 2.24) is 5.32 Å². The number of esters is 1. The zero-order chi connectivity index (χ0) is 18.3. The van der Waals surface area contributed by atoms with E-state index in [1.807, 2.05) is 17.5 Å². The highest BCUT2D eigenvalue weighted by atomic mass is 35.5. The molecule has 0 saturated carbocycles. The number of halogens is 1. The lowest BCUT2D eigenvalue weighted by Crippen LogP contribution is -2.41. The molecule has 1 N–H and O–H groups in total. The Kier molecular flexibility index (Phi) is 6.84. The van der Waals surface area contributed by atoms with Crippen molar-refractivity contribution in [3.05, 3.63) is 51.7 Å². The van der Waals surface area contributed by atoms with Crippen molar-refractivity contribution in [3.8, 4) is 5.75 Å². The van der Waals surface area contributed by atoms with Crippen molar-refractivity contribution in [2.75, 3.05) is 13.2 Å². The Balaban J connectivity index is 1.73. The first-order chi connectivity index (χ1) is 11.9. The average molecular weight is 382 g/mol. The van der Waals surface area contributed by atoms with Crippen LogP contribution in [0.3, 0.4) is 0 Å². The molecule has 1 aromatic carbocycles. The predicted octanol–water partition coefficient (Wildman–Crippen LogP) is 3.46. The summed E-state index contributed by atoms with van der Waals surface area (Å²) in [5, 5.41) is 5.28. The summed E-state index contributed by atoms with van der Waals surface area (Å²) in [6, 6.07) is 10.6. The first-order valence-corrected chi connectivity index (χ1v) is 9.03. The molecule has 0 aliphatic rings. The number of nitrogens with one attached hydrogen (secondary N) is 1. The second-order valence-electron chi connectivity index (χ2n) is 5.82. The highest BCUT2D eigenvalue weighted by molar-refractivity contribution is 7.09. The second-order valence-corrected chi connectivity index (χ2v) is 7.29. The molecule has 1 amide bonds. The zero-order valence-corrected chi connectivity index (χ0v) is 15.7. The fraction of sp³-hybridized carbons (Fsp3) is 0.333. The van der Waals surface area contributed by atoms with E-state index in [0.29, 0.717) is 17.3 Å².